The zero-order valence-corrected chi connectivity index (χ0v) is 17.1. The second-order valence-corrected chi connectivity index (χ2v) is 9.66. The zero-order chi connectivity index (χ0) is 17.1. The summed E-state index contributed by atoms with van der Waals surface area (Å²) in [6, 6.07) is 0. The minimum atomic E-state index is 0.459. The van der Waals surface area contributed by atoms with Crippen molar-refractivity contribution in [2.75, 3.05) is 0 Å². The van der Waals surface area contributed by atoms with Crippen LogP contribution in [0.15, 0.2) is 0 Å². The van der Waals surface area contributed by atoms with E-state index in [2.05, 4.69) is 69.2 Å². The Bertz CT molecular complexity index is 426. The smallest absolute Gasteiger partial charge is 0.0207 e. The largest absolute Gasteiger partial charge is 0.0651 e. The van der Waals surface area contributed by atoms with Crippen molar-refractivity contribution in [2.24, 2.45) is 45.3 Å². The zero-order valence-electron chi connectivity index (χ0n) is 17.1. The van der Waals surface area contributed by atoms with Gasteiger partial charge in [-0.05, 0) is 64.6 Å². The number of hydrogen-bond donors (Lipinski definition) is 0. The molecule has 3 aliphatic carbocycles. The highest BCUT2D eigenvalue weighted by Gasteiger charge is 2.75. The van der Waals surface area contributed by atoms with Gasteiger partial charge in [-0.25, -0.2) is 0 Å². The number of rotatable bonds is 4. The van der Waals surface area contributed by atoms with Crippen LogP contribution in [0.25, 0.3) is 0 Å². The normalized spacial score (nSPS) is 58.1. The Morgan fingerprint density at radius 3 is 1.45 bits per heavy atom. The average molecular weight is 307 g/mol. The summed E-state index contributed by atoms with van der Waals surface area (Å²) in [6.45, 7) is 25.6. The molecule has 3 fully saturated rings. The standard InChI is InChI=1S/C22H42/c1-11-17-20(8,13-3)19(7,12-2)15(5)18-16(6)22(17,10)21(18,9)14-4/h15-18H,11-14H2,1-10H3. The third-order valence-corrected chi connectivity index (χ3v) is 10.4. The first kappa shape index (κ1) is 18.3. The van der Waals surface area contributed by atoms with E-state index >= 15 is 0 Å². The lowest BCUT2D eigenvalue weighted by atomic mass is 9.34. The van der Waals surface area contributed by atoms with Crippen molar-refractivity contribution in [1.29, 1.82) is 0 Å². The summed E-state index contributed by atoms with van der Waals surface area (Å²) in [5.74, 6) is 3.44. The molecular weight excluding hydrogens is 264 g/mol. The summed E-state index contributed by atoms with van der Waals surface area (Å²) in [5, 5.41) is 0. The van der Waals surface area contributed by atoms with Gasteiger partial charge in [-0.15, -0.1) is 0 Å². The molecule has 3 aliphatic rings. The van der Waals surface area contributed by atoms with Crippen LogP contribution in [0.2, 0.25) is 0 Å². The molecule has 0 saturated heterocycles. The van der Waals surface area contributed by atoms with Crippen molar-refractivity contribution in [3.63, 3.8) is 0 Å². The SMILES string of the molecule is CCC1C(C)(CC)C(C)(CC)C(C)C2C(C)C1(C)C2(C)CC. The van der Waals surface area contributed by atoms with Gasteiger partial charge in [0.15, 0.2) is 0 Å². The highest BCUT2D eigenvalue weighted by Crippen LogP contribution is 2.80. The molecule has 130 valence electrons. The summed E-state index contributed by atoms with van der Waals surface area (Å²) in [6.07, 6.45) is 5.35. The molecule has 0 heteroatoms. The maximum absolute atomic E-state index is 2.66. The molecule has 0 aromatic carbocycles. The predicted molar refractivity (Wildman–Crippen MR) is 98.9 cm³/mol. The van der Waals surface area contributed by atoms with E-state index in [1.807, 2.05) is 0 Å². The highest BCUT2D eigenvalue weighted by molar-refractivity contribution is 5.22. The van der Waals surface area contributed by atoms with Crippen LogP contribution in [-0.2, 0) is 0 Å². The minimum absolute atomic E-state index is 0.459. The van der Waals surface area contributed by atoms with E-state index in [-0.39, 0.29) is 0 Å². The van der Waals surface area contributed by atoms with Crippen LogP contribution >= 0.6 is 0 Å². The van der Waals surface area contributed by atoms with Gasteiger partial charge in [0.1, 0.15) is 0 Å². The van der Waals surface area contributed by atoms with Crippen LogP contribution in [0.5, 0.6) is 0 Å². The Kier molecular flexibility index (Phi) is 4.38. The minimum Gasteiger partial charge on any atom is -0.0651 e. The highest BCUT2D eigenvalue weighted by atomic mass is 14.8. The van der Waals surface area contributed by atoms with Crippen LogP contribution in [-0.4, -0.2) is 0 Å². The molecule has 2 bridgehead atoms. The third-order valence-electron chi connectivity index (χ3n) is 10.4. The topological polar surface area (TPSA) is 0 Å². The Morgan fingerprint density at radius 1 is 0.636 bits per heavy atom. The second-order valence-electron chi connectivity index (χ2n) is 9.66. The molecule has 3 rings (SSSR count). The molecule has 8 unspecified atom stereocenters. The summed E-state index contributed by atoms with van der Waals surface area (Å²) in [4.78, 5) is 0. The average Bonchev–Trinajstić information content (AvgIpc) is 2.58. The van der Waals surface area contributed by atoms with Crippen molar-refractivity contribution in [3.05, 3.63) is 0 Å². The summed E-state index contributed by atoms with van der Waals surface area (Å²) in [7, 11) is 0. The van der Waals surface area contributed by atoms with Crippen molar-refractivity contribution >= 4 is 0 Å². The quantitative estimate of drug-likeness (QED) is 0.516. The fraction of sp³-hybridized carbons (Fsp3) is 1.00. The van der Waals surface area contributed by atoms with Gasteiger partial charge < -0.3 is 0 Å². The Hall–Kier alpha value is 0. The van der Waals surface area contributed by atoms with Crippen LogP contribution < -0.4 is 0 Å². The number of fused-ring (bicyclic) bond motifs is 3. The maximum Gasteiger partial charge on any atom is -0.0207 e. The monoisotopic (exact) mass is 306 g/mol. The molecule has 0 aliphatic heterocycles. The summed E-state index contributed by atoms with van der Waals surface area (Å²) < 4.78 is 0. The van der Waals surface area contributed by atoms with Gasteiger partial charge in [0.2, 0.25) is 0 Å². The van der Waals surface area contributed by atoms with E-state index in [9.17, 15) is 0 Å². The first-order chi connectivity index (χ1) is 10.1. The van der Waals surface area contributed by atoms with Crippen LogP contribution in [0.1, 0.15) is 94.9 Å². The van der Waals surface area contributed by atoms with Crippen LogP contribution in [0.4, 0.5) is 0 Å². The van der Waals surface area contributed by atoms with E-state index < -0.39 is 0 Å². The van der Waals surface area contributed by atoms with Crippen molar-refractivity contribution < 1.29 is 0 Å². The second kappa shape index (κ2) is 5.25. The first-order valence-electron chi connectivity index (χ1n) is 10.1. The molecule has 0 heterocycles. The van der Waals surface area contributed by atoms with Gasteiger partial charge in [0.05, 0.1) is 0 Å². The Labute approximate surface area is 140 Å². The van der Waals surface area contributed by atoms with Crippen LogP contribution in [0.3, 0.4) is 0 Å². The molecule has 22 heavy (non-hydrogen) atoms. The van der Waals surface area contributed by atoms with Crippen molar-refractivity contribution in [1.82, 2.24) is 0 Å². The summed E-state index contributed by atoms with van der Waals surface area (Å²) in [5.41, 5.74) is 1.95. The maximum atomic E-state index is 2.66. The van der Waals surface area contributed by atoms with Gasteiger partial charge >= 0.3 is 0 Å². The van der Waals surface area contributed by atoms with E-state index in [0.717, 1.165) is 23.7 Å². The van der Waals surface area contributed by atoms with Gasteiger partial charge in [-0.1, -0.05) is 75.7 Å². The molecule has 0 nitrogen and oxygen atoms in total. The molecule has 3 saturated carbocycles. The fourth-order valence-electron chi connectivity index (χ4n) is 8.25. The molecule has 0 aromatic heterocycles. The Balaban J connectivity index is 2.75. The molecule has 0 radical (unpaired) electrons. The number of hydrogen-bond acceptors (Lipinski definition) is 0. The van der Waals surface area contributed by atoms with E-state index in [1.54, 1.807) is 0 Å². The first-order valence-corrected chi connectivity index (χ1v) is 10.1. The van der Waals surface area contributed by atoms with Gasteiger partial charge in [-0.2, -0.15) is 0 Å². The van der Waals surface area contributed by atoms with Gasteiger partial charge in [-0.3, -0.25) is 0 Å². The van der Waals surface area contributed by atoms with Crippen molar-refractivity contribution in [2.45, 2.75) is 94.9 Å². The third kappa shape index (κ3) is 1.61. The van der Waals surface area contributed by atoms with E-state index in [1.165, 1.54) is 25.7 Å². The lowest BCUT2D eigenvalue weighted by Gasteiger charge is -2.70. The summed E-state index contributed by atoms with van der Waals surface area (Å²) >= 11 is 0. The predicted octanol–water partition coefficient (Wildman–Crippen LogP) is 7.18. The van der Waals surface area contributed by atoms with Crippen LogP contribution in [0, 0.1) is 45.3 Å². The molecule has 0 aromatic rings. The molecule has 0 spiro atoms. The van der Waals surface area contributed by atoms with Crippen molar-refractivity contribution in [3.8, 4) is 0 Å². The molecular formula is C22H42. The van der Waals surface area contributed by atoms with E-state index in [0.29, 0.717) is 21.7 Å². The van der Waals surface area contributed by atoms with Gasteiger partial charge in [0.25, 0.3) is 0 Å². The molecule has 0 amide bonds. The lowest BCUT2D eigenvalue weighted by molar-refractivity contribution is -0.229. The molecule has 8 atom stereocenters. The molecule has 0 N–H and O–H groups in total. The Morgan fingerprint density at radius 2 is 1.09 bits per heavy atom. The van der Waals surface area contributed by atoms with Gasteiger partial charge in [0, 0.05) is 0 Å². The fourth-order valence-corrected chi connectivity index (χ4v) is 8.25. The van der Waals surface area contributed by atoms with E-state index in [4.69, 9.17) is 0 Å². The lowest BCUT2D eigenvalue weighted by Crippen LogP contribution is -2.65.